The van der Waals surface area contributed by atoms with Gasteiger partial charge in [0.1, 0.15) is 5.82 Å². The fourth-order valence-corrected chi connectivity index (χ4v) is 2.08. The van der Waals surface area contributed by atoms with E-state index in [9.17, 15) is 0 Å². The summed E-state index contributed by atoms with van der Waals surface area (Å²) in [6, 6.07) is 10.2. The van der Waals surface area contributed by atoms with Crippen LogP contribution in [0.25, 0.3) is 22.3 Å². The molecule has 4 nitrogen and oxygen atoms in total. The van der Waals surface area contributed by atoms with Gasteiger partial charge in [-0.2, -0.15) is 0 Å². The Bertz CT molecular complexity index is 687. The monoisotopic (exact) mass is 252 g/mol. The first kappa shape index (κ1) is 11.9. The minimum absolute atomic E-state index is 0.818. The molecule has 3 aromatic rings. The Kier molecular flexibility index (Phi) is 3.25. The third-order valence-electron chi connectivity index (χ3n) is 3.07. The number of nitrogens with one attached hydrogen (secondary N) is 2. The topological polar surface area (TPSA) is 53.6 Å². The number of aromatic nitrogens is 3. The quantitative estimate of drug-likeness (QED) is 0.750. The summed E-state index contributed by atoms with van der Waals surface area (Å²) >= 11 is 0. The van der Waals surface area contributed by atoms with Gasteiger partial charge in [-0.15, -0.1) is 0 Å². The summed E-state index contributed by atoms with van der Waals surface area (Å²) in [6.45, 7) is 3.86. The largest absolute Gasteiger partial charge is 0.341 e. The summed E-state index contributed by atoms with van der Waals surface area (Å²) in [5.74, 6) is 0.902. The van der Waals surface area contributed by atoms with Gasteiger partial charge < -0.3 is 10.3 Å². The van der Waals surface area contributed by atoms with Gasteiger partial charge in [0.25, 0.3) is 0 Å². The number of fused-ring (bicyclic) bond motifs is 1. The molecule has 0 fully saturated rings. The van der Waals surface area contributed by atoms with Crippen molar-refractivity contribution < 1.29 is 0 Å². The van der Waals surface area contributed by atoms with E-state index in [1.807, 2.05) is 30.6 Å². The molecule has 0 atom stereocenters. The lowest BCUT2D eigenvalue weighted by molar-refractivity contribution is 0.714. The summed E-state index contributed by atoms with van der Waals surface area (Å²) < 4.78 is 0. The number of H-pyrrole nitrogens is 1. The van der Waals surface area contributed by atoms with Gasteiger partial charge in [-0.1, -0.05) is 13.0 Å². The number of aromatic amines is 1. The number of hydrogen-bond acceptors (Lipinski definition) is 3. The minimum Gasteiger partial charge on any atom is -0.341 e. The molecule has 0 amide bonds. The second kappa shape index (κ2) is 5.20. The van der Waals surface area contributed by atoms with Gasteiger partial charge in [0, 0.05) is 35.6 Å². The second-order valence-electron chi connectivity index (χ2n) is 4.45. The maximum atomic E-state index is 4.43. The molecule has 0 aliphatic rings. The van der Waals surface area contributed by atoms with Crippen molar-refractivity contribution in [2.75, 3.05) is 6.54 Å². The predicted molar refractivity (Wildman–Crippen MR) is 76.7 cm³/mol. The molecule has 0 bridgehead atoms. The molecule has 2 N–H and O–H groups in total. The Balaban J connectivity index is 1.92. The number of rotatable bonds is 4. The summed E-state index contributed by atoms with van der Waals surface area (Å²) in [7, 11) is 0. The number of imidazole rings is 1. The van der Waals surface area contributed by atoms with Crippen molar-refractivity contribution in [2.24, 2.45) is 0 Å². The summed E-state index contributed by atoms with van der Waals surface area (Å²) in [6.07, 6.45) is 3.69. The van der Waals surface area contributed by atoms with Crippen molar-refractivity contribution in [1.82, 2.24) is 20.3 Å². The van der Waals surface area contributed by atoms with Crippen LogP contribution >= 0.6 is 0 Å². The highest BCUT2D eigenvalue weighted by Gasteiger charge is 2.04. The van der Waals surface area contributed by atoms with Crippen LogP contribution in [0.15, 0.2) is 42.7 Å². The molecule has 4 heteroatoms. The van der Waals surface area contributed by atoms with Crippen molar-refractivity contribution in [2.45, 2.75) is 13.5 Å². The van der Waals surface area contributed by atoms with Crippen LogP contribution in [-0.4, -0.2) is 21.5 Å². The number of nitrogens with zero attached hydrogens (tertiary/aromatic N) is 2. The molecule has 2 aromatic heterocycles. The van der Waals surface area contributed by atoms with Crippen LogP contribution in [0, 0.1) is 0 Å². The summed E-state index contributed by atoms with van der Waals surface area (Å²) in [5, 5.41) is 4.41. The van der Waals surface area contributed by atoms with Gasteiger partial charge in [-0.05, 0) is 30.8 Å². The van der Waals surface area contributed by atoms with Crippen molar-refractivity contribution >= 4 is 10.9 Å². The molecule has 0 spiro atoms. The van der Waals surface area contributed by atoms with Crippen LogP contribution in [0.2, 0.25) is 0 Å². The van der Waals surface area contributed by atoms with Gasteiger partial charge in [0.05, 0.1) is 5.52 Å². The van der Waals surface area contributed by atoms with Crippen LogP contribution in [0.4, 0.5) is 0 Å². The highest BCUT2D eigenvalue weighted by Crippen LogP contribution is 2.21. The number of pyridine rings is 1. The Labute approximate surface area is 111 Å². The van der Waals surface area contributed by atoms with Gasteiger partial charge in [0.2, 0.25) is 0 Å². The molecule has 0 saturated heterocycles. The molecular weight excluding hydrogens is 236 g/mol. The van der Waals surface area contributed by atoms with E-state index in [1.54, 1.807) is 0 Å². The lowest BCUT2D eigenvalue weighted by Gasteiger charge is -2.01. The Morgan fingerprint density at radius 1 is 1.21 bits per heavy atom. The zero-order valence-corrected chi connectivity index (χ0v) is 10.9. The first-order valence-corrected chi connectivity index (χ1v) is 6.46. The van der Waals surface area contributed by atoms with Crippen LogP contribution in [0.1, 0.15) is 12.6 Å². The Morgan fingerprint density at radius 3 is 3.05 bits per heavy atom. The van der Waals surface area contributed by atoms with Gasteiger partial charge in [-0.25, -0.2) is 4.98 Å². The first-order chi connectivity index (χ1) is 9.36. The third kappa shape index (κ3) is 2.48. The zero-order valence-electron chi connectivity index (χ0n) is 10.9. The van der Waals surface area contributed by atoms with Crippen molar-refractivity contribution in [1.29, 1.82) is 0 Å². The van der Waals surface area contributed by atoms with Gasteiger partial charge in [0.15, 0.2) is 0 Å². The molecule has 1 aromatic carbocycles. The van der Waals surface area contributed by atoms with Crippen molar-refractivity contribution in [3.63, 3.8) is 0 Å². The van der Waals surface area contributed by atoms with Crippen LogP contribution in [-0.2, 0) is 6.54 Å². The highest BCUT2D eigenvalue weighted by molar-refractivity contribution is 5.83. The fourth-order valence-electron chi connectivity index (χ4n) is 2.08. The number of benzene rings is 1. The van der Waals surface area contributed by atoms with E-state index in [-0.39, 0.29) is 0 Å². The normalized spacial score (nSPS) is 11.0. The number of hydrogen-bond donors (Lipinski definition) is 2. The third-order valence-corrected chi connectivity index (χ3v) is 3.07. The van der Waals surface area contributed by atoms with E-state index in [4.69, 9.17) is 0 Å². The van der Waals surface area contributed by atoms with E-state index >= 15 is 0 Å². The standard InChI is InChI=1S/C15H16N4/c1-2-16-9-13-10-18-15(19-13)12-5-6-14-11(8-12)4-3-7-17-14/h3-8,10,16H,2,9H2,1H3,(H,18,19). The fraction of sp³-hybridized carbons (Fsp3) is 0.200. The molecule has 0 unspecified atom stereocenters. The Morgan fingerprint density at radius 2 is 2.16 bits per heavy atom. The second-order valence-corrected chi connectivity index (χ2v) is 4.45. The molecule has 0 aliphatic carbocycles. The zero-order chi connectivity index (χ0) is 13.1. The van der Waals surface area contributed by atoms with E-state index < -0.39 is 0 Å². The van der Waals surface area contributed by atoms with Crippen molar-refractivity contribution in [3.8, 4) is 11.4 Å². The lowest BCUT2D eigenvalue weighted by atomic mass is 10.1. The van der Waals surface area contributed by atoms with E-state index in [2.05, 4.69) is 39.3 Å². The summed E-state index contributed by atoms with van der Waals surface area (Å²) in [5.41, 5.74) is 3.19. The maximum Gasteiger partial charge on any atom is 0.137 e. The maximum absolute atomic E-state index is 4.43. The first-order valence-electron chi connectivity index (χ1n) is 6.46. The van der Waals surface area contributed by atoms with Crippen LogP contribution in [0.3, 0.4) is 0 Å². The minimum atomic E-state index is 0.818. The van der Waals surface area contributed by atoms with Crippen LogP contribution < -0.4 is 5.32 Å². The lowest BCUT2D eigenvalue weighted by Crippen LogP contribution is -2.11. The molecule has 2 heterocycles. The smallest absolute Gasteiger partial charge is 0.137 e. The van der Waals surface area contributed by atoms with Gasteiger partial charge in [-0.3, -0.25) is 4.98 Å². The molecule has 0 aliphatic heterocycles. The average Bonchev–Trinajstić information content (AvgIpc) is 2.93. The average molecular weight is 252 g/mol. The molecule has 3 rings (SSSR count). The van der Waals surface area contributed by atoms with Crippen molar-refractivity contribution in [3.05, 3.63) is 48.4 Å². The molecule has 96 valence electrons. The van der Waals surface area contributed by atoms with Crippen LogP contribution in [0.5, 0.6) is 0 Å². The Hall–Kier alpha value is -2.20. The van der Waals surface area contributed by atoms with E-state index in [0.717, 1.165) is 41.1 Å². The van der Waals surface area contributed by atoms with E-state index in [1.165, 1.54) is 0 Å². The molecule has 0 radical (unpaired) electrons. The summed E-state index contributed by atoms with van der Waals surface area (Å²) in [4.78, 5) is 12.1. The predicted octanol–water partition coefficient (Wildman–Crippen LogP) is 2.73. The molecule has 0 saturated carbocycles. The SMILES string of the molecule is CCNCc1cnc(-c2ccc3ncccc3c2)[nH]1. The van der Waals surface area contributed by atoms with Gasteiger partial charge >= 0.3 is 0 Å². The highest BCUT2D eigenvalue weighted by atomic mass is 15.0. The molecular formula is C15H16N4. The van der Waals surface area contributed by atoms with E-state index in [0.29, 0.717) is 0 Å². The molecule has 19 heavy (non-hydrogen) atoms.